The van der Waals surface area contributed by atoms with Crippen molar-refractivity contribution in [1.82, 2.24) is 15.6 Å². The molecule has 3 atom stereocenters. The molecular formula is C18H25N3O2S3. The highest BCUT2D eigenvalue weighted by atomic mass is 33.1. The Bertz CT molecular complexity index is 603. The van der Waals surface area contributed by atoms with Crippen molar-refractivity contribution in [3.63, 3.8) is 0 Å². The average molecular weight is 412 g/mol. The van der Waals surface area contributed by atoms with E-state index in [1.807, 2.05) is 30.0 Å². The van der Waals surface area contributed by atoms with Crippen LogP contribution in [0, 0.1) is 0 Å². The number of pyridine rings is 1. The SMILES string of the molecule is O=C(CCCCC1SCC2NC(=O)NC21)CCCSSc1ccccn1. The summed E-state index contributed by atoms with van der Waals surface area (Å²) in [5.74, 6) is 2.35. The minimum absolute atomic E-state index is 0.0282. The molecule has 0 saturated carbocycles. The molecule has 142 valence electrons. The maximum atomic E-state index is 12.0. The first kappa shape index (κ1) is 19.9. The number of carbonyl (C=O) groups is 2. The van der Waals surface area contributed by atoms with E-state index in [1.54, 1.807) is 27.8 Å². The molecule has 0 aromatic carbocycles. The lowest BCUT2D eigenvalue weighted by molar-refractivity contribution is -0.119. The number of rotatable bonds is 11. The van der Waals surface area contributed by atoms with E-state index < -0.39 is 0 Å². The first-order valence-corrected chi connectivity index (χ1v) is 12.5. The summed E-state index contributed by atoms with van der Waals surface area (Å²) in [5, 5.41) is 7.50. The third-order valence-corrected chi connectivity index (χ3v) is 8.46. The zero-order valence-corrected chi connectivity index (χ0v) is 17.1. The Balaban J connectivity index is 1.19. The van der Waals surface area contributed by atoms with E-state index in [4.69, 9.17) is 0 Å². The van der Waals surface area contributed by atoms with Crippen LogP contribution in [-0.2, 0) is 4.79 Å². The Hall–Kier alpha value is -0.860. The molecular weight excluding hydrogens is 386 g/mol. The molecule has 2 saturated heterocycles. The monoisotopic (exact) mass is 411 g/mol. The van der Waals surface area contributed by atoms with Gasteiger partial charge in [-0.05, 0) is 42.2 Å². The molecule has 0 spiro atoms. The fourth-order valence-corrected chi connectivity index (χ4v) is 6.77. The quantitative estimate of drug-likeness (QED) is 0.327. The van der Waals surface area contributed by atoms with Gasteiger partial charge in [-0.3, -0.25) is 4.79 Å². The fraction of sp³-hybridized carbons (Fsp3) is 0.611. The molecule has 8 heteroatoms. The van der Waals surface area contributed by atoms with E-state index in [2.05, 4.69) is 15.6 Å². The van der Waals surface area contributed by atoms with Gasteiger partial charge in [0.2, 0.25) is 0 Å². The number of nitrogens with zero attached hydrogens (tertiary/aromatic N) is 1. The Morgan fingerprint density at radius 1 is 1.23 bits per heavy atom. The molecule has 26 heavy (non-hydrogen) atoms. The lowest BCUT2D eigenvalue weighted by Crippen LogP contribution is -2.36. The molecule has 0 radical (unpaired) electrons. The molecule has 2 aliphatic heterocycles. The lowest BCUT2D eigenvalue weighted by Gasteiger charge is -2.16. The summed E-state index contributed by atoms with van der Waals surface area (Å²) < 4.78 is 0. The van der Waals surface area contributed by atoms with Gasteiger partial charge in [-0.1, -0.05) is 23.3 Å². The minimum Gasteiger partial charge on any atom is -0.332 e. The van der Waals surface area contributed by atoms with Crippen LogP contribution in [0.4, 0.5) is 4.79 Å². The highest BCUT2D eigenvalue weighted by Gasteiger charge is 2.42. The van der Waals surface area contributed by atoms with Crippen molar-refractivity contribution < 1.29 is 9.59 Å². The number of amides is 2. The molecule has 2 aliphatic rings. The topological polar surface area (TPSA) is 71.1 Å². The first-order chi connectivity index (χ1) is 12.7. The summed E-state index contributed by atoms with van der Waals surface area (Å²) in [6.45, 7) is 0. The van der Waals surface area contributed by atoms with Crippen LogP contribution >= 0.6 is 33.3 Å². The van der Waals surface area contributed by atoms with Gasteiger partial charge in [-0.25, -0.2) is 9.78 Å². The van der Waals surface area contributed by atoms with E-state index in [9.17, 15) is 9.59 Å². The number of nitrogens with one attached hydrogen (secondary N) is 2. The van der Waals surface area contributed by atoms with Crippen molar-refractivity contribution in [3.05, 3.63) is 24.4 Å². The van der Waals surface area contributed by atoms with Crippen LogP contribution in [0.5, 0.6) is 0 Å². The normalized spacial score (nSPS) is 24.2. The smallest absolute Gasteiger partial charge is 0.315 e. The maximum absolute atomic E-state index is 12.0. The molecule has 1 aromatic rings. The number of thioether (sulfide) groups is 1. The first-order valence-electron chi connectivity index (χ1n) is 9.13. The summed E-state index contributed by atoms with van der Waals surface area (Å²) in [6, 6.07) is 6.44. The number of hydrogen-bond donors (Lipinski definition) is 2. The number of aromatic nitrogens is 1. The highest BCUT2D eigenvalue weighted by Crippen LogP contribution is 2.33. The molecule has 3 unspecified atom stereocenters. The molecule has 3 heterocycles. The van der Waals surface area contributed by atoms with Gasteiger partial charge in [0, 0.05) is 35.8 Å². The van der Waals surface area contributed by atoms with Crippen molar-refractivity contribution >= 4 is 45.2 Å². The predicted molar refractivity (Wildman–Crippen MR) is 111 cm³/mol. The summed E-state index contributed by atoms with van der Waals surface area (Å²) in [4.78, 5) is 27.6. The van der Waals surface area contributed by atoms with Gasteiger partial charge in [0.1, 0.15) is 10.8 Å². The van der Waals surface area contributed by atoms with Gasteiger partial charge in [0.05, 0.1) is 12.1 Å². The number of unbranched alkanes of at least 4 members (excludes halogenated alkanes) is 1. The van der Waals surface area contributed by atoms with Crippen molar-refractivity contribution in [2.45, 2.75) is 60.9 Å². The van der Waals surface area contributed by atoms with Gasteiger partial charge < -0.3 is 10.6 Å². The van der Waals surface area contributed by atoms with Gasteiger partial charge >= 0.3 is 6.03 Å². The summed E-state index contributed by atoms with van der Waals surface area (Å²) >= 11 is 1.94. The second-order valence-electron chi connectivity index (χ2n) is 6.58. The number of hydrogen-bond acceptors (Lipinski definition) is 6. The van der Waals surface area contributed by atoms with E-state index in [-0.39, 0.29) is 12.1 Å². The Labute approximate surface area is 167 Å². The molecule has 0 aliphatic carbocycles. The fourth-order valence-electron chi connectivity index (χ4n) is 3.26. The van der Waals surface area contributed by atoms with E-state index >= 15 is 0 Å². The van der Waals surface area contributed by atoms with Gasteiger partial charge in [-0.15, -0.1) is 0 Å². The summed E-state index contributed by atoms with van der Waals surface area (Å²) in [5.41, 5.74) is 0. The van der Waals surface area contributed by atoms with E-state index in [0.717, 1.165) is 42.2 Å². The zero-order valence-electron chi connectivity index (χ0n) is 14.7. The van der Waals surface area contributed by atoms with Crippen LogP contribution in [0.1, 0.15) is 38.5 Å². The molecule has 0 bridgehead atoms. The van der Waals surface area contributed by atoms with Crippen LogP contribution in [0.25, 0.3) is 0 Å². The van der Waals surface area contributed by atoms with Gasteiger partial charge in [0.15, 0.2) is 0 Å². The number of fused-ring (bicyclic) bond motifs is 1. The van der Waals surface area contributed by atoms with Gasteiger partial charge in [0.25, 0.3) is 0 Å². The Morgan fingerprint density at radius 2 is 2.12 bits per heavy atom. The number of ketones is 1. The van der Waals surface area contributed by atoms with Crippen LogP contribution in [0.3, 0.4) is 0 Å². The summed E-state index contributed by atoms with van der Waals surface area (Å²) in [7, 11) is 3.43. The Morgan fingerprint density at radius 3 is 2.96 bits per heavy atom. The molecule has 2 fully saturated rings. The van der Waals surface area contributed by atoms with E-state index in [1.165, 1.54) is 0 Å². The van der Waals surface area contributed by atoms with E-state index in [0.29, 0.717) is 29.9 Å². The van der Waals surface area contributed by atoms with Crippen LogP contribution in [0.15, 0.2) is 29.4 Å². The third-order valence-electron chi connectivity index (χ3n) is 4.60. The van der Waals surface area contributed by atoms with Crippen molar-refractivity contribution in [2.24, 2.45) is 0 Å². The van der Waals surface area contributed by atoms with Crippen LogP contribution in [-0.4, -0.2) is 45.6 Å². The third kappa shape index (κ3) is 6.09. The number of carbonyl (C=O) groups excluding carboxylic acids is 2. The number of Topliss-reactive ketones (excluding diaryl/α,β-unsaturated/α-hetero) is 1. The lowest BCUT2D eigenvalue weighted by atomic mass is 10.0. The standard InChI is InChI=1S/C18H25N3O2S3/c22-13(7-5-11-25-26-16-9-3-4-10-19-16)6-1-2-8-15-17-14(12-24-15)20-18(23)21-17/h3-4,9-10,14-15,17H,1-2,5-8,11-12H2,(H2,20,21,23). The second-order valence-corrected chi connectivity index (χ2v) is 10.3. The molecule has 3 rings (SSSR count). The molecule has 2 amide bonds. The average Bonchev–Trinajstić information content (AvgIpc) is 3.19. The maximum Gasteiger partial charge on any atom is 0.315 e. The number of urea groups is 1. The van der Waals surface area contributed by atoms with Crippen LogP contribution in [0.2, 0.25) is 0 Å². The minimum atomic E-state index is -0.0282. The molecule has 2 N–H and O–H groups in total. The van der Waals surface area contributed by atoms with Crippen molar-refractivity contribution in [1.29, 1.82) is 0 Å². The zero-order chi connectivity index (χ0) is 18.2. The van der Waals surface area contributed by atoms with Crippen LogP contribution < -0.4 is 10.6 Å². The Kier molecular flexibility index (Phi) is 8.01. The second kappa shape index (κ2) is 10.5. The molecule has 5 nitrogen and oxygen atoms in total. The largest absolute Gasteiger partial charge is 0.332 e. The van der Waals surface area contributed by atoms with Crippen molar-refractivity contribution in [3.8, 4) is 0 Å². The predicted octanol–water partition coefficient (Wildman–Crippen LogP) is 3.90. The van der Waals surface area contributed by atoms with Crippen molar-refractivity contribution in [2.75, 3.05) is 11.5 Å². The summed E-state index contributed by atoms with van der Waals surface area (Å²) in [6.07, 6.45) is 7.21. The van der Waals surface area contributed by atoms with Gasteiger partial charge in [-0.2, -0.15) is 11.8 Å². The molecule has 1 aromatic heterocycles. The highest BCUT2D eigenvalue weighted by molar-refractivity contribution is 8.76.